The summed E-state index contributed by atoms with van der Waals surface area (Å²) in [6, 6.07) is 8.75. The molecule has 1 amide bonds. The highest BCUT2D eigenvalue weighted by Crippen LogP contribution is 2.29. The van der Waals surface area contributed by atoms with Gasteiger partial charge in [-0.3, -0.25) is 9.69 Å². The summed E-state index contributed by atoms with van der Waals surface area (Å²) >= 11 is 0. The van der Waals surface area contributed by atoms with Gasteiger partial charge in [-0.05, 0) is 31.9 Å². The van der Waals surface area contributed by atoms with E-state index in [9.17, 15) is 4.79 Å². The average molecular weight is 383 g/mol. The molecule has 0 bridgehead atoms. The second-order valence-corrected chi connectivity index (χ2v) is 7.91. The number of amides is 1. The van der Waals surface area contributed by atoms with E-state index in [1.165, 1.54) is 11.1 Å². The lowest BCUT2D eigenvalue weighted by atomic mass is 9.91. The zero-order valence-electron chi connectivity index (χ0n) is 16.7. The van der Waals surface area contributed by atoms with Crippen molar-refractivity contribution in [1.29, 1.82) is 0 Å². The third kappa shape index (κ3) is 4.62. The number of aryl methyl sites for hydroxylation is 2. The number of benzene rings is 1. The van der Waals surface area contributed by atoms with Crippen LogP contribution in [0.15, 0.2) is 30.5 Å². The summed E-state index contributed by atoms with van der Waals surface area (Å²) in [7, 11) is 0. The highest BCUT2D eigenvalue weighted by atomic mass is 16.5. The number of imidazole rings is 1. The Morgan fingerprint density at radius 3 is 3.00 bits per heavy atom. The van der Waals surface area contributed by atoms with Gasteiger partial charge >= 0.3 is 0 Å². The molecule has 1 N–H and O–H groups in total. The number of nitrogens with one attached hydrogen (secondary N) is 1. The lowest BCUT2D eigenvalue weighted by molar-refractivity contribution is 0.0374. The van der Waals surface area contributed by atoms with Crippen LogP contribution in [-0.4, -0.2) is 59.8 Å². The Labute approximate surface area is 166 Å². The molecule has 1 aromatic carbocycles. The van der Waals surface area contributed by atoms with Crippen LogP contribution in [-0.2, 0) is 17.7 Å². The van der Waals surface area contributed by atoms with Gasteiger partial charge in [0.15, 0.2) is 0 Å². The Morgan fingerprint density at radius 2 is 2.18 bits per heavy atom. The Kier molecular flexibility index (Phi) is 6.07. The van der Waals surface area contributed by atoms with Crippen molar-refractivity contribution in [2.75, 3.05) is 39.4 Å². The third-order valence-corrected chi connectivity index (χ3v) is 5.78. The van der Waals surface area contributed by atoms with E-state index >= 15 is 0 Å². The minimum atomic E-state index is -0.0593. The van der Waals surface area contributed by atoms with Crippen molar-refractivity contribution < 1.29 is 9.53 Å². The van der Waals surface area contributed by atoms with E-state index in [-0.39, 0.29) is 5.91 Å². The summed E-state index contributed by atoms with van der Waals surface area (Å²) in [6.07, 6.45) is 4.88. The molecule has 0 unspecified atom stereocenters. The van der Waals surface area contributed by atoms with Gasteiger partial charge < -0.3 is 14.6 Å². The molecular weight excluding hydrogens is 352 g/mol. The zero-order chi connectivity index (χ0) is 19.3. The molecule has 0 spiro atoms. The number of hydrogen-bond donors (Lipinski definition) is 1. The Morgan fingerprint density at radius 1 is 1.32 bits per heavy atom. The number of carbonyl (C=O) groups excluding carboxylic acids is 1. The van der Waals surface area contributed by atoms with E-state index in [1.807, 2.05) is 6.20 Å². The van der Waals surface area contributed by atoms with Crippen LogP contribution in [0.1, 0.15) is 46.2 Å². The van der Waals surface area contributed by atoms with E-state index in [2.05, 4.69) is 51.0 Å². The quantitative estimate of drug-likeness (QED) is 0.780. The second kappa shape index (κ2) is 8.88. The lowest BCUT2D eigenvalue weighted by Gasteiger charge is -2.26. The predicted molar refractivity (Wildman–Crippen MR) is 109 cm³/mol. The number of aromatic nitrogens is 2. The van der Waals surface area contributed by atoms with Crippen LogP contribution in [0.2, 0.25) is 0 Å². The van der Waals surface area contributed by atoms with Crippen molar-refractivity contribution in [3.8, 4) is 0 Å². The fourth-order valence-electron chi connectivity index (χ4n) is 4.17. The first-order valence-corrected chi connectivity index (χ1v) is 10.4. The first-order valence-electron chi connectivity index (χ1n) is 10.4. The molecule has 2 aliphatic rings. The van der Waals surface area contributed by atoms with Gasteiger partial charge in [0.25, 0.3) is 5.91 Å². The van der Waals surface area contributed by atoms with Crippen LogP contribution in [0.4, 0.5) is 0 Å². The highest BCUT2D eigenvalue weighted by molar-refractivity contribution is 5.92. The maximum Gasteiger partial charge on any atom is 0.271 e. The van der Waals surface area contributed by atoms with Gasteiger partial charge in [0, 0.05) is 44.7 Å². The molecule has 6 heteroatoms. The standard InChI is InChI=1S/C22H30N4O2/c1-17-4-2-5-18(14-17)19-6-7-21-24-20(16-26(21)15-19)22(27)23-8-3-9-25-10-12-28-13-11-25/h2,4-5,14,16,19H,3,6-13,15H2,1H3,(H,23,27)/t19-/m1/s1. The molecule has 6 nitrogen and oxygen atoms in total. The monoisotopic (exact) mass is 382 g/mol. The van der Waals surface area contributed by atoms with E-state index < -0.39 is 0 Å². The highest BCUT2D eigenvalue weighted by Gasteiger charge is 2.23. The van der Waals surface area contributed by atoms with Crippen molar-refractivity contribution in [2.45, 2.75) is 38.6 Å². The maximum atomic E-state index is 12.5. The number of rotatable bonds is 6. The molecule has 1 aromatic heterocycles. The fraction of sp³-hybridized carbons (Fsp3) is 0.545. The minimum absolute atomic E-state index is 0.0593. The van der Waals surface area contributed by atoms with E-state index in [4.69, 9.17) is 4.74 Å². The molecule has 1 saturated heterocycles. The number of carbonyl (C=O) groups is 1. The van der Waals surface area contributed by atoms with E-state index in [0.717, 1.165) is 64.5 Å². The minimum Gasteiger partial charge on any atom is -0.379 e. The number of ether oxygens (including phenoxy) is 1. The molecule has 0 radical (unpaired) electrons. The number of morpholine rings is 1. The zero-order valence-corrected chi connectivity index (χ0v) is 16.7. The van der Waals surface area contributed by atoms with Crippen LogP contribution in [0, 0.1) is 6.92 Å². The van der Waals surface area contributed by atoms with Gasteiger partial charge in [-0.1, -0.05) is 29.8 Å². The Hall–Kier alpha value is -2.18. The van der Waals surface area contributed by atoms with Gasteiger partial charge in [-0.25, -0.2) is 4.98 Å². The predicted octanol–water partition coefficient (Wildman–Crippen LogP) is 2.37. The van der Waals surface area contributed by atoms with Crippen LogP contribution in [0.25, 0.3) is 0 Å². The molecular formula is C22H30N4O2. The van der Waals surface area contributed by atoms with Crippen molar-refractivity contribution in [3.05, 3.63) is 53.1 Å². The van der Waals surface area contributed by atoms with Crippen molar-refractivity contribution in [3.63, 3.8) is 0 Å². The molecule has 3 heterocycles. The van der Waals surface area contributed by atoms with E-state index in [0.29, 0.717) is 18.2 Å². The number of fused-ring (bicyclic) bond motifs is 1. The fourth-order valence-corrected chi connectivity index (χ4v) is 4.17. The molecule has 2 aromatic rings. The summed E-state index contributed by atoms with van der Waals surface area (Å²) < 4.78 is 7.53. The van der Waals surface area contributed by atoms with E-state index in [1.54, 1.807) is 0 Å². The van der Waals surface area contributed by atoms with Crippen LogP contribution >= 0.6 is 0 Å². The molecule has 1 fully saturated rings. The molecule has 2 aliphatic heterocycles. The summed E-state index contributed by atoms with van der Waals surface area (Å²) in [5, 5.41) is 3.03. The first-order chi connectivity index (χ1) is 13.7. The smallest absolute Gasteiger partial charge is 0.271 e. The molecule has 1 atom stereocenters. The van der Waals surface area contributed by atoms with Gasteiger partial charge in [-0.15, -0.1) is 0 Å². The van der Waals surface area contributed by atoms with Gasteiger partial charge in [-0.2, -0.15) is 0 Å². The average Bonchev–Trinajstić information content (AvgIpc) is 3.15. The van der Waals surface area contributed by atoms with Gasteiger partial charge in [0.1, 0.15) is 11.5 Å². The lowest BCUT2D eigenvalue weighted by Crippen LogP contribution is -2.38. The normalized spacial score (nSPS) is 20.0. The molecule has 0 saturated carbocycles. The molecule has 4 rings (SSSR count). The topological polar surface area (TPSA) is 59.4 Å². The largest absolute Gasteiger partial charge is 0.379 e. The van der Waals surface area contributed by atoms with Crippen molar-refractivity contribution in [2.24, 2.45) is 0 Å². The summed E-state index contributed by atoms with van der Waals surface area (Å²) in [6.45, 7) is 8.33. The maximum absolute atomic E-state index is 12.5. The van der Waals surface area contributed by atoms with Crippen LogP contribution < -0.4 is 5.32 Å². The number of hydrogen-bond acceptors (Lipinski definition) is 4. The first kappa shape index (κ1) is 19.2. The third-order valence-electron chi connectivity index (χ3n) is 5.78. The van der Waals surface area contributed by atoms with Gasteiger partial charge in [0.05, 0.1) is 13.2 Å². The Bertz CT molecular complexity index is 811. The van der Waals surface area contributed by atoms with Crippen molar-refractivity contribution >= 4 is 5.91 Å². The second-order valence-electron chi connectivity index (χ2n) is 7.91. The Balaban J connectivity index is 1.29. The molecule has 28 heavy (non-hydrogen) atoms. The summed E-state index contributed by atoms with van der Waals surface area (Å²) in [5.41, 5.74) is 3.23. The molecule has 150 valence electrons. The van der Waals surface area contributed by atoms with Crippen LogP contribution in [0.5, 0.6) is 0 Å². The molecule has 0 aliphatic carbocycles. The van der Waals surface area contributed by atoms with Gasteiger partial charge in [0.2, 0.25) is 0 Å². The van der Waals surface area contributed by atoms with Crippen LogP contribution in [0.3, 0.4) is 0 Å². The SMILES string of the molecule is Cc1cccc([C@@H]2CCc3nc(C(=O)NCCCN4CCOCC4)cn3C2)c1. The summed E-state index contributed by atoms with van der Waals surface area (Å²) in [5.74, 6) is 1.46. The number of nitrogens with zero attached hydrogens (tertiary/aromatic N) is 3. The summed E-state index contributed by atoms with van der Waals surface area (Å²) in [4.78, 5) is 19.5. The van der Waals surface area contributed by atoms with Crippen molar-refractivity contribution in [1.82, 2.24) is 19.8 Å².